The number of para-hydroxylation sites is 2. The summed E-state index contributed by atoms with van der Waals surface area (Å²) in [5.74, 6) is -5.30. The van der Waals surface area contributed by atoms with Gasteiger partial charge >= 0.3 is 0 Å². The van der Waals surface area contributed by atoms with Gasteiger partial charge in [0.1, 0.15) is 0 Å². The second-order valence-corrected chi connectivity index (χ2v) is 10.9. The maximum absolute atomic E-state index is 14.0. The second-order valence-electron chi connectivity index (χ2n) is 10.9. The number of fused-ring (bicyclic) bond motifs is 5. The Morgan fingerprint density at radius 3 is 1.32 bits per heavy atom. The minimum atomic E-state index is -0.978. The molecule has 8 nitrogen and oxygen atoms in total. The molecule has 0 saturated carbocycles. The summed E-state index contributed by atoms with van der Waals surface area (Å²) in [4.78, 5) is 68.2. The Labute approximate surface area is 230 Å². The van der Waals surface area contributed by atoms with E-state index in [1.165, 1.54) is 9.80 Å². The molecule has 0 N–H and O–H groups in total. The van der Waals surface area contributed by atoms with Gasteiger partial charge in [0.2, 0.25) is 23.6 Å². The summed E-state index contributed by atoms with van der Waals surface area (Å²) < 4.78 is 0. The van der Waals surface area contributed by atoms with Gasteiger partial charge in [-0.2, -0.15) is 0 Å². The number of amides is 4. The lowest BCUT2D eigenvalue weighted by atomic mass is 9.72. The highest BCUT2D eigenvalue weighted by Gasteiger charge is 2.61. The Morgan fingerprint density at radius 2 is 0.950 bits per heavy atom. The fourth-order valence-corrected chi connectivity index (χ4v) is 6.53. The molecule has 0 radical (unpaired) electrons. The third kappa shape index (κ3) is 3.52. The van der Waals surface area contributed by atoms with Crippen molar-refractivity contribution in [3.63, 3.8) is 0 Å². The number of hydrogen-bond acceptors (Lipinski definition) is 6. The van der Waals surface area contributed by atoms with Crippen molar-refractivity contribution in [2.24, 2.45) is 23.7 Å². The molecule has 2 saturated heterocycles. The summed E-state index contributed by atoms with van der Waals surface area (Å²) in [6.07, 6.45) is 0.333. The van der Waals surface area contributed by atoms with Crippen molar-refractivity contribution in [3.8, 4) is 0 Å². The van der Waals surface area contributed by atoms with Crippen molar-refractivity contribution in [3.05, 3.63) is 95.3 Å². The van der Waals surface area contributed by atoms with Crippen molar-refractivity contribution in [1.82, 2.24) is 9.97 Å². The van der Waals surface area contributed by atoms with Crippen LogP contribution in [0.3, 0.4) is 0 Å². The van der Waals surface area contributed by atoms with Gasteiger partial charge in [-0.05, 0) is 61.4 Å². The highest BCUT2D eigenvalue weighted by Crippen LogP contribution is 2.47. The van der Waals surface area contributed by atoms with Crippen LogP contribution in [0, 0.1) is 37.5 Å². The lowest BCUT2D eigenvalue weighted by Gasteiger charge is -2.27. The van der Waals surface area contributed by atoms with E-state index in [9.17, 15) is 19.2 Å². The summed E-state index contributed by atoms with van der Waals surface area (Å²) >= 11 is 0. The van der Waals surface area contributed by atoms with Crippen molar-refractivity contribution in [1.29, 1.82) is 0 Å². The lowest BCUT2D eigenvalue weighted by Crippen LogP contribution is -2.39. The molecule has 4 aromatic rings. The first-order valence-corrected chi connectivity index (χ1v) is 13.5. The quantitative estimate of drug-likeness (QED) is 0.364. The van der Waals surface area contributed by atoms with Gasteiger partial charge in [-0.25, -0.2) is 9.97 Å². The number of hydrogen-bond donors (Lipinski definition) is 0. The Balaban J connectivity index is 1.42. The molecule has 3 aliphatic rings. The van der Waals surface area contributed by atoms with E-state index in [0.717, 1.165) is 11.1 Å². The van der Waals surface area contributed by atoms with Crippen molar-refractivity contribution >= 4 is 46.0 Å². The highest BCUT2D eigenvalue weighted by molar-refractivity contribution is 6.27. The maximum Gasteiger partial charge on any atom is 0.238 e. The molecule has 40 heavy (non-hydrogen) atoms. The van der Waals surface area contributed by atoms with E-state index in [-0.39, 0.29) is 24.7 Å². The largest absolute Gasteiger partial charge is 0.274 e. The average Bonchev–Trinajstić information content (AvgIpc) is 3.31. The molecule has 3 heterocycles. The first-order chi connectivity index (χ1) is 19.3. The summed E-state index contributed by atoms with van der Waals surface area (Å²) in [6.45, 7) is 4.01. The van der Waals surface area contributed by atoms with Crippen LogP contribution < -0.4 is 9.80 Å². The molecular weight excluding hydrogens is 504 g/mol. The Kier molecular flexibility index (Phi) is 5.42. The van der Waals surface area contributed by atoms with Crippen molar-refractivity contribution < 1.29 is 19.2 Å². The number of benzene rings is 3. The van der Waals surface area contributed by atoms with E-state index < -0.39 is 35.5 Å². The van der Waals surface area contributed by atoms with Crippen LogP contribution in [0.1, 0.15) is 22.5 Å². The van der Waals surface area contributed by atoms with E-state index in [1.54, 1.807) is 48.5 Å². The predicted molar refractivity (Wildman–Crippen MR) is 148 cm³/mol. The lowest BCUT2D eigenvalue weighted by molar-refractivity contribution is -0.131. The van der Waals surface area contributed by atoms with Gasteiger partial charge in [0.05, 0.1) is 57.5 Å². The normalized spacial score (nSPS) is 24.1. The zero-order valence-electron chi connectivity index (χ0n) is 22.1. The number of nitrogens with zero attached hydrogens (tertiary/aromatic N) is 4. The van der Waals surface area contributed by atoms with Gasteiger partial charge in [0.15, 0.2) is 0 Å². The van der Waals surface area contributed by atoms with Gasteiger partial charge in [-0.15, -0.1) is 0 Å². The standard InChI is InChI=1S/C32H26N4O4/c1-17-13-23-24(14-18(17)2)34-26-16-22-28(32(40)36(30(22)38)20-11-7-4-8-12-20)27-21(15-25(26)33-23)29(37)35(31(27)39)19-9-5-3-6-10-19/h3-14,21-22,27-28H,15-16H2,1-2H3/t21-,22+,27-,28+. The number of anilines is 2. The van der Waals surface area contributed by atoms with Crippen LogP contribution >= 0.6 is 0 Å². The van der Waals surface area contributed by atoms with Crippen LogP contribution in [0.25, 0.3) is 11.0 Å². The molecule has 1 aromatic heterocycles. The Bertz CT molecular complexity index is 1610. The van der Waals surface area contributed by atoms with Gasteiger partial charge in [0.25, 0.3) is 0 Å². The van der Waals surface area contributed by atoms with Gasteiger partial charge in [-0.3, -0.25) is 29.0 Å². The first kappa shape index (κ1) is 24.3. The number of aryl methyl sites for hydroxylation is 2. The molecule has 0 bridgehead atoms. The molecule has 2 fully saturated rings. The molecule has 2 aliphatic heterocycles. The maximum atomic E-state index is 14.0. The SMILES string of the molecule is Cc1cc2nc3c(nc2cc1C)C[C@H]1C(=O)N(c2ccccc2)C(=O)[C@H]1[C@H]1C(=O)N(c2ccccc2)C(=O)[C@H]1C3. The molecule has 7 rings (SSSR count). The zero-order valence-corrected chi connectivity index (χ0v) is 22.1. The summed E-state index contributed by atoms with van der Waals surface area (Å²) in [7, 11) is 0. The monoisotopic (exact) mass is 530 g/mol. The molecule has 0 unspecified atom stereocenters. The summed E-state index contributed by atoms with van der Waals surface area (Å²) in [5, 5.41) is 0. The Morgan fingerprint density at radius 1 is 0.575 bits per heavy atom. The number of aromatic nitrogens is 2. The smallest absolute Gasteiger partial charge is 0.238 e. The van der Waals surface area contributed by atoms with Gasteiger partial charge < -0.3 is 0 Å². The predicted octanol–water partition coefficient (Wildman–Crippen LogP) is 3.96. The third-order valence-corrected chi connectivity index (χ3v) is 8.63. The van der Waals surface area contributed by atoms with Crippen LogP contribution in [-0.2, 0) is 32.0 Å². The summed E-state index contributed by atoms with van der Waals surface area (Å²) in [5.41, 5.74) is 5.64. The van der Waals surface area contributed by atoms with E-state index >= 15 is 0 Å². The number of rotatable bonds is 2. The minimum absolute atomic E-state index is 0.166. The highest BCUT2D eigenvalue weighted by atomic mass is 16.2. The first-order valence-electron chi connectivity index (χ1n) is 13.5. The van der Waals surface area contributed by atoms with E-state index in [2.05, 4.69) is 0 Å². The summed E-state index contributed by atoms with van der Waals surface area (Å²) in [6, 6.07) is 21.4. The third-order valence-electron chi connectivity index (χ3n) is 8.63. The molecule has 4 atom stereocenters. The van der Waals surface area contributed by atoms with Gasteiger partial charge in [0, 0.05) is 12.8 Å². The van der Waals surface area contributed by atoms with Crippen LogP contribution in [-0.4, -0.2) is 33.6 Å². The van der Waals surface area contributed by atoms with Crippen LogP contribution in [0.15, 0.2) is 72.8 Å². The molecule has 3 aromatic carbocycles. The molecule has 8 heteroatoms. The van der Waals surface area contributed by atoms with E-state index in [4.69, 9.17) is 9.97 Å². The fraction of sp³-hybridized carbons (Fsp3) is 0.250. The number of carbonyl (C=O) groups excluding carboxylic acids is 4. The van der Waals surface area contributed by atoms with Crippen LogP contribution in [0.5, 0.6) is 0 Å². The number of imide groups is 2. The fourth-order valence-electron chi connectivity index (χ4n) is 6.53. The van der Waals surface area contributed by atoms with Crippen molar-refractivity contribution in [2.75, 3.05) is 9.80 Å². The second kappa shape index (κ2) is 8.91. The Hall–Kier alpha value is -4.72. The minimum Gasteiger partial charge on any atom is -0.274 e. The average molecular weight is 531 g/mol. The molecule has 4 amide bonds. The molecule has 198 valence electrons. The zero-order chi connectivity index (χ0) is 27.7. The van der Waals surface area contributed by atoms with Crippen molar-refractivity contribution in [2.45, 2.75) is 26.7 Å². The van der Waals surface area contributed by atoms with E-state index in [0.29, 0.717) is 33.8 Å². The van der Waals surface area contributed by atoms with Crippen LogP contribution in [0.4, 0.5) is 11.4 Å². The molecule has 0 spiro atoms. The van der Waals surface area contributed by atoms with Crippen LogP contribution in [0.2, 0.25) is 0 Å². The van der Waals surface area contributed by atoms with E-state index in [1.807, 2.05) is 38.1 Å². The molecular formula is C32H26N4O4. The molecule has 1 aliphatic carbocycles. The number of carbonyl (C=O) groups is 4. The van der Waals surface area contributed by atoms with Gasteiger partial charge in [-0.1, -0.05) is 36.4 Å². The topological polar surface area (TPSA) is 101 Å².